The molecular weight excluding hydrogens is 262 g/mol. The van der Waals surface area contributed by atoms with Crippen LogP contribution >= 0.6 is 0 Å². The number of rotatable bonds is 3. The van der Waals surface area contributed by atoms with E-state index in [0.29, 0.717) is 0 Å². The fraction of sp³-hybridized carbons (Fsp3) is 0.611. The summed E-state index contributed by atoms with van der Waals surface area (Å²) in [5, 5.41) is 9.66. The number of carboxylic acid groups (broad SMARTS) is 1. The van der Waals surface area contributed by atoms with Crippen LogP contribution in [0.5, 0.6) is 0 Å². The molecular formula is C18H27NO2. The Morgan fingerprint density at radius 2 is 1.57 bits per heavy atom. The molecule has 3 heteroatoms. The summed E-state index contributed by atoms with van der Waals surface area (Å²) in [7, 11) is 0. The van der Waals surface area contributed by atoms with Crippen LogP contribution in [0, 0.1) is 0 Å². The molecule has 1 heterocycles. The lowest BCUT2D eigenvalue weighted by Crippen LogP contribution is -2.35. The summed E-state index contributed by atoms with van der Waals surface area (Å²) in [5.74, 6) is -0.736. The van der Waals surface area contributed by atoms with E-state index in [1.807, 2.05) is 12.1 Å². The van der Waals surface area contributed by atoms with Crippen molar-refractivity contribution < 1.29 is 9.90 Å². The van der Waals surface area contributed by atoms with Gasteiger partial charge in [0.25, 0.3) is 0 Å². The van der Waals surface area contributed by atoms with Gasteiger partial charge in [0.1, 0.15) is 6.04 Å². The van der Waals surface area contributed by atoms with E-state index in [-0.39, 0.29) is 5.41 Å². The standard InChI is InChI=1S/C18H27NO2/c1-18(2,3)15-10-8-14(9-11-15)16(17(20)21)19-12-6-4-5-7-13-19/h8-11,16H,4-7,12-13H2,1-3H3,(H,20,21). The second kappa shape index (κ2) is 6.61. The van der Waals surface area contributed by atoms with Gasteiger partial charge in [0.15, 0.2) is 0 Å². The van der Waals surface area contributed by atoms with Crippen LogP contribution in [0.2, 0.25) is 0 Å². The maximum absolute atomic E-state index is 11.8. The first-order valence-corrected chi connectivity index (χ1v) is 7.97. The predicted octanol–water partition coefficient (Wildman–Crippen LogP) is 3.99. The maximum atomic E-state index is 11.8. The summed E-state index contributed by atoms with van der Waals surface area (Å²) in [6, 6.07) is 7.62. The Morgan fingerprint density at radius 3 is 2.00 bits per heavy atom. The van der Waals surface area contributed by atoms with Crippen LogP contribution in [0.1, 0.15) is 63.6 Å². The van der Waals surface area contributed by atoms with E-state index < -0.39 is 12.0 Å². The molecule has 1 aromatic rings. The number of carboxylic acids is 1. The van der Waals surface area contributed by atoms with E-state index in [1.165, 1.54) is 18.4 Å². The van der Waals surface area contributed by atoms with Gasteiger partial charge in [-0.2, -0.15) is 0 Å². The molecule has 0 aliphatic carbocycles. The fourth-order valence-electron chi connectivity index (χ4n) is 3.03. The summed E-state index contributed by atoms with van der Waals surface area (Å²) >= 11 is 0. The van der Waals surface area contributed by atoms with E-state index in [1.54, 1.807) is 0 Å². The highest BCUT2D eigenvalue weighted by molar-refractivity contribution is 5.75. The van der Waals surface area contributed by atoms with Crippen LogP contribution in [0.3, 0.4) is 0 Å². The van der Waals surface area contributed by atoms with Crippen molar-refractivity contribution in [3.63, 3.8) is 0 Å². The molecule has 1 atom stereocenters. The first kappa shape index (κ1) is 16.0. The zero-order valence-electron chi connectivity index (χ0n) is 13.4. The van der Waals surface area contributed by atoms with Crippen molar-refractivity contribution in [3.05, 3.63) is 35.4 Å². The molecule has 0 spiro atoms. The van der Waals surface area contributed by atoms with Gasteiger partial charge in [-0.05, 0) is 42.5 Å². The smallest absolute Gasteiger partial charge is 0.325 e. The molecule has 0 aromatic heterocycles. The van der Waals surface area contributed by atoms with Crippen LogP contribution in [0.25, 0.3) is 0 Å². The lowest BCUT2D eigenvalue weighted by Gasteiger charge is -2.28. The molecule has 0 saturated carbocycles. The summed E-state index contributed by atoms with van der Waals surface area (Å²) in [4.78, 5) is 13.9. The minimum Gasteiger partial charge on any atom is -0.480 e. The van der Waals surface area contributed by atoms with Gasteiger partial charge < -0.3 is 5.11 Å². The Hall–Kier alpha value is -1.35. The highest BCUT2D eigenvalue weighted by Crippen LogP contribution is 2.28. The number of benzene rings is 1. The van der Waals surface area contributed by atoms with Crippen LogP contribution in [0.15, 0.2) is 24.3 Å². The van der Waals surface area contributed by atoms with E-state index in [9.17, 15) is 9.90 Å². The summed E-state index contributed by atoms with van der Waals surface area (Å²) in [5.41, 5.74) is 2.24. The van der Waals surface area contributed by atoms with Gasteiger partial charge in [-0.15, -0.1) is 0 Å². The normalized spacial score (nSPS) is 19.0. The third-order valence-corrected chi connectivity index (χ3v) is 4.33. The number of hydrogen-bond acceptors (Lipinski definition) is 2. The predicted molar refractivity (Wildman–Crippen MR) is 85.6 cm³/mol. The maximum Gasteiger partial charge on any atom is 0.325 e. The van der Waals surface area contributed by atoms with Gasteiger partial charge in [-0.25, -0.2) is 0 Å². The molecule has 0 amide bonds. The average Bonchev–Trinajstić information content (AvgIpc) is 2.67. The van der Waals surface area contributed by atoms with Crippen molar-refractivity contribution in [2.24, 2.45) is 0 Å². The van der Waals surface area contributed by atoms with Gasteiger partial charge in [0, 0.05) is 0 Å². The molecule has 1 unspecified atom stereocenters. The Bertz CT molecular complexity index is 465. The van der Waals surface area contributed by atoms with Gasteiger partial charge in [0.05, 0.1) is 0 Å². The first-order chi connectivity index (χ1) is 9.89. The number of carbonyl (C=O) groups is 1. The van der Waals surface area contributed by atoms with Crippen molar-refractivity contribution in [1.82, 2.24) is 4.90 Å². The Balaban J connectivity index is 2.23. The minimum atomic E-state index is -0.736. The van der Waals surface area contributed by atoms with E-state index in [4.69, 9.17) is 0 Å². The highest BCUT2D eigenvalue weighted by atomic mass is 16.4. The van der Waals surface area contributed by atoms with Crippen molar-refractivity contribution in [2.75, 3.05) is 13.1 Å². The SMILES string of the molecule is CC(C)(C)c1ccc(C(C(=O)O)N2CCCCCC2)cc1. The molecule has 1 aromatic carbocycles. The first-order valence-electron chi connectivity index (χ1n) is 7.97. The van der Waals surface area contributed by atoms with Crippen LogP contribution in [0.4, 0.5) is 0 Å². The largest absolute Gasteiger partial charge is 0.480 e. The molecule has 3 nitrogen and oxygen atoms in total. The third kappa shape index (κ3) is 4.07. The highest BCUT2D eigenvalue weighted by Gasteiger charge is 2.28. The summed E-state index contributed by atoms with van der Waals surface area (Å²) in [6.45, 7) is 8.29. The zero-order valence-corrected chi connectivity index (χ0v) is 13.4. The van der Waals surface area contributed by atoms with Crippen molar-refractivity contribution in [1.29, 1.82) is 0 Å². The molecule has 1 fully saturated rings. The number of nitrogens with zero attached hydrogens (tertiary/aromatic N) is 1. The molecule has 0 radical (unpaired) electrons. The molecule has 116 valence electrons. The zero-order chi connectivity index (χ0) is 15.5. The van der Waals surface area contributed by atoms with Gasteiger partial charge in [-0.1, -0.05) is 57.9 Å². The second-order valence-corrected chi connectivity index (χ2v) is 7.06. The number of hydrogen-bond donors (Lipinski definition) is 1. The van der Waals surface area contributed by atoms with Crippen molar-refractivity contribution >= 4 is 5.97 Å². The van der Waals surface area contributed by atoms with Crippen LogP contribution in [-0.4, -0.2) is 29.1 Å². The molecule has 1 aliphatic rings. The lowest BCUT2D eigenvalue weighted by atomic mass is 9.86. The van der Waals surface area contributed by atoms with Crippen LogP contribution in [-0.2, 0) is 10.2 Å². The van der Waals surface area contributed by atoms with Gasteiger partial charge in [-0.3, -0.25) is 9.69 Å². The summed E-state index contributed by atoms with van der Waals surface area (Å²) < 4.78 is 0. The molecule has 0 bridgehead atoms. The Kier molecular flexibility index (Phi) is 5.04. The van der Waals surface area contributed by atoms with E-state index in [2.05, 4.69) is 37.8 Å². The Morgan fingerprint density at radius 1 is 1.05 bits per heavy atom. The Labute approximate surface area is 128 Å². The van der Waals surface area contributed by atoms with Gasteiger partial charge >= 0.3 is 5.97 Å². The molecule has 1 N–H and O–H groups in total. The van der Waals surface area contributed by atoms with Crippen molar-refractivity contribution in [2.45, 2.75) is 57.9 Å². The minimum absolute atomic E-state index is 0.0971. The van der Waals surface area contributed by atoms with Crippen molar-refractivity contribution in [3.8, 4) is 0 Å². The average molecular weight is 289 g/mol. The van der Waals surface area contributed by atoms with Gasteiger partial charge in [0.2, 0.25) is 0 Å². The van der Waals surface area contributed by atoms with Crippen LogP contribution < -0.4 is 0 Å². The quantitative estimate of drug-likeness (QED) is 0.914. The fourth-order valence-corrected chi connectivity index (χ4v) is 3.03. The lowest BCUT2D eigenvalue weighted by molar-refractivity contribution is -0.143. The van der Waals surface area contributed by atoms with E-state index in [0.717, 1.165) is 31.5 Å². The number of aliphatic carboxylic acids is 1. The molecule has 2 rings (SSSR count). The third-order valence-electron chi connectivity index (χ3n) is 4.33. The molecule has 21 heavy (non-hydrogen) atoms. The summed E-state index contributed by atoms with van der Waals surface area (Å²) in [6.07, 6.45) is 4.63. The molecule has 1 saturated heterocycles. The topological polar surface area (TPSA) is 40.5 Å². The second-order valence-electron chi connectivity index (χ2n) is 7.06. The molecule has 1 aliphatic heterocycles. The number of likely N-dealkylation sites (tertiary alicyclic amines) is 1. The van der Waals surface area contributed by atoms with E-state index >= 15 is 0 Å². The monoisotopic (exact) mass is 289 g/mol.